The summed E-state index contributed by atoms with van der Waals surface area (Å²) in [4.78, 5) is 4.39. The quantitative estimate of drug-likeness (QED) is 0.468. The number of benzene rings is 3. The lowest BCUT2D eigenvalue weighted by Crippen LogP contribution is -2.35. The Balaban J connectivity index is 1.40. The predicted molar refractivity (Wildman–Crippen MR) is 115 cm³/mol. The minimum Gasteiger partial charge on any atom is -0.491 e. The highest BCUT2D eigenvalue weighted by molar-refractivity contribution is 5.83. The highest BCUT2D eigenvalue weighted by atomic mass is 19.1. The number of aliphatic hydroxyl groups is 1. The number of rotatable bonds is 8. The number of nitrogens with zero attached hydrogens (tertiary/aromatic N) is 2. The first kappa shape index (κ1) is 20.1. The van der Waals surface area contributed by atoms with Gasteiger partial charge in [-0.2, -0.15) is 0 Å². The summed E-state index contributed by atoms with van der Waals surface area (Å²) < 4.78 is 21.4. The van der Waals surface area contributed by atoms with Crippen molar-refractivity contribution in [3.8, 4) is 5.75 Å². The topological polar surface area (TPSA) is 59.3 Å². The molecule has 3 aromatic carbocycles. The largest absolute Gasteiger partial charge is 0.491 e. The third-order valence-corrected chi connectivity index (χ3v) is 5.02. The third-order valence-electron chi connectivity index (χ3n) is 5.02. The Kier molecular flexibility index (Phi) is 6.07. The van der Waals surface area contributed by atoms with Gasteiger partial charge in [0.2, 0.25) is 0 Å². The molecule has 2 atom stereocenters. The molecular formula is C24H24FN3O2. The molecule has 1 aromatic heterocycles. The summed E-state index contributed by atoms with van der Waals surface area (Å²) in [7, 11) is 1.88. The van der Waals surface area contributed by atoms with Gasteiger partial charge < -0.3 is 19.7 Å². The predicted octanol–water partition coefficient (Wildman–Crippen LogP) is 3.83. The molecule has 6 heteroatoms. The molecule has 0 saturated carbocycles. The Labute approximate surface area is 174 Å². The molecule has 0 radical (unpaired) electrons. The fourth-order valence-electron chi connectivity index (χ4n) is 3.46. The fraction of sp³-hybridized carbons (Fsp3) is 0.208. The number of fused-ring (bicyclic) bond motifs is 1. The lowest BCUT2D eigenvalue weighted by atomic mass is 10.1. The molecule has 0 bridgehead atoms. The van der Waals surface area contributed by atoms with E-state index in [0.717, 1.165) is 22.2 Å². The molecule has 0 aliphatic heterocycles. The minimum absolute atomic E-state index is 0.141. The zero-order valence-electron chi connectivity index (χ0n) is 16.7. The lowest BCUT2D eigenvalue weighted by molar-refractivity contribution is 0.104. The molecule has 0 aliphatic carbocycles. The second kappa shape index (κ2) is 9.07. The zero-order chi connectivity index (χ0) is 20.9. The molecule has 5 nitrogen and oxygen atoms in total. The maximum Gasteiger partial charge on any atom is 0.130 e. The first-order valence-corrected chi connectivity index (χ1v) is 9.86. The van der Waals surface area contributed by atoms with Crippen LogP contribution in [0.5, 0.6) is 5.75 Å². The van der Waals surface area contributed by atoms with Crippen LogP contribution in [0.1, 0.15) is 17.4 Å². The van der Waals surface area contributed by atoms with Crippen molar-refractivity contribution < 1.29 is 14.2 Å². The van der Waals surface area contributed by atoms with E-state index in [9.17, 15) is 9.50 Å². The monoisotopic (exact) mass is 405 g/mol. The van der Waals surface area contributed by atoms with E-state index in [1.807, 2.05) is 66.3 Å². The van der Waals surface area contributed by atoms with E-state index in [0.29, 0.717) is 5.75 Å². The molecule has 2 unspecified atom stereocenters. The summed E-state index contributed by atoms with van der Waals surface area (Å²) in [5, 5.41) is 16.0. The van der Waals surface area contributed by atoms with Crippen LogP contribution in [0.15, 0.2) is 79.1 Å². The minimum atomic E-state index is -0.743. The number of hydrogen-bond acceptors (Lipinski definition) is 4. The highest BCUT2D eigenvalue weighted by Crippen LogP contribution is 2.22. The van der Waals surface area contributed by atoms with Crippen molar-refractivity contribution in [2.24, 2.45) is 7.05 Å². The van der Waals surface area contributed by atoms with Gasteiger partial charge >= 0.3 is 0 Å². The van der Waals surface area contributed by atoms with E-state index in [-0.39, 0.29) is 25.0 Å². The van der Waals surface area contributed by atoms with Crippen molar-refractivity contribution in [3.63, 3.8) is 0 Å². The molecule has 1 heterocycles. The molecule has 4 aromatic rings. The molecule has 0 saturated heterocycles. The van der Waals surface area contributed by atoms with Crippen LogP contribution < -0.4 is 10.1 Å². The first-order valence-electron chi connectivity index (χ1n) is 9.86. The Morgan fingerprint density at radius 1 is 1.07 bits per heavy atom. The van der Waals surface area contributed by atoms with Gasteiger partial charge in [0.1, 0.15) is 30.1 Å². The standard InChI is InChI=1S/C24H24FN3O2/c1-28-12-11-26-24(28)23(19-7-4-8-20(25)13-19)27-15-21(29)16-30-22-10-9-17-5-2-3-6-18(17)14-22/h2-14,21,23,27,29H,15-16H2,1H3. The van der Waals surface area contributed by atoms with Gasteiger partial charge in [-0.1, -0.05) is 42.5 Å². The molecular weight excluding hydrogens is 381 g/mol. The molecule has 4 rings (SSSR count). The van der Waals surface area contributed by atoms with E-state index in [4.69, 9.17) is 4.74 Å². The number of ether oxygens (including phenoxy) is 1. The number of hydrogen-bond donors (Lipinski definition) is 2. The summed E-state index contributed by atoms with van der Waals surface area (Å²) in [5.74, 6) is 1.13. The van der Waals surface area contributed by atoms with E-state index < -0.39 is 6.10 Å². The van der Waals surface area contributed by atoms with Crippen LogP contribution in [0.4, 0.5) is 4.39 Å². The van der Waals surface area contributed by atoms with Gasteiger partial charge in [0, 0.05) is 26.0 Å². The van der Waals surface area contributed by atoms with Crippen LogP contribution >= 0.6 is 0 Å². The van der Waals surface area contributed by atoms with E-state index in [1.165, 1.54) is 12.1 Å². The Hall–Kier alpha value is -3.22. The smallest absolute Gasteiger partial charge is 0.130 e. The number of aryl methyl sites for hydroxylation is 1. The second-order valence-corrected chi connectivity index (χ2v) is 7.27. The van der Waals surface area contributed by atoms with Crippen LogP contribution in [0.2, 0.25) is 0 Å². The van der Waals surface area contributed by atoms with Crippen LogP contribution in [-0.2, 0) is 7.05 Å². The number of imidazole rings is 1. The van der Waals surface area contributed by atoms with Crippen LogP contribution in [0.25, 0.3) is 10.8 Å². The van der Waals surface area contributed by atoms with Crippen molar-refractivity contribution in [1.29, 1.82) is 0 Å². The van der Waals surface area contributed by atoms with Gasteiger partial charge in [-0.15, -0.1) is 0 Å². The van der Waals surface area contributed by atoms with Crippen LogP contribution in [0, 0.1) is 5.82 Å². The van der Waals surface area contributed by atoms with Crippen molar-refractivity contribution >= 4 is 10.8 Å². The Morgan fingerprint density at radius 3 is 2.67 bits per heavy atom. The summed E-state index contributed by atoms with van der Waals surface area (Å²) in [6.07, 6.45) is 2.79. The van der Waals surface area contributed by atoms with E-state index in [2.05, 4.69) is 10.3 Å². The SMILES string of the molecule is Cn1ccnc1C(NCC(O)COc1ccc2ccccc2c1)c1cccc(F)c1. The molecule has 0 amide bonds. The van der Waals surface area contributed by atoms with Gasteiger partial charge in [0.25, 0.3) is 0 Å². The Morgan fingerprint density at radius 2 is 1.90 bits per heavy atom. The second-order valence-electron chi connectivity index (χ2n) is 7.27. The molecule has 30 heavy (non-hydrogen) atoms. The molecule has 2 N–H and O–H groups in total. The number of aliphatic hydroxyl groups excluding tert-OH is 1. The summed E-state index contributed by atoms with van der Waals surface area (Å²) in [6.45, 7) is 0.406. The molecule has 154 valence electrons. The average molecular weight is 405 g/mol. The zero-order valence-corrected chi connectivity index (χ0v) is 16.7. The van der Waals surface area contributed by atoms with Crippen molar-refractivity contribution in [3.05, 3.63) is 96.3 Å². The summed E-state index contributed by atoms with van der Waals surface area (Å²) in [5.41, 5.74) is 0.743. The van der Waals surface area contributed by atoms with Gasteiger partial charge in [-0.05, 0) is 40.6 Å². The first-order chi connectivity index (χ1) is 14.6. The van der Waals surface area contributed by atoms with Crippen LogP contribution in [-0.4, -0.2) is 33.9 Å². The lowest BCUT2D eigenvalue weighted by Gasteiger charge is -2.21. The maximum absolute atomic E-state index is 13.8. The van der Waals surface area contributed by atoms with E-state index in [1.54, 1.807) is 12.3 Å². The van der Waals surface area contributed by atoms with E-state index >= 15 is 0 Å². The molecule has 0 aliphatic rings. The van der Waals surface area contributed by atoms with Gasteiger partial charge in [0.15, 0.2) is 0 Å². The fourth-order valence-corrected chi connectivity index (χ4v) is 3.46. The van der Waals surface area contributed by atoms with Crippen molar-refractivity contribution in [2.45, 2.75) is 12.1 Å². The summed E-state index contributed by atoms with van der Waals surface area (Å²) >= 11 is 0. The van der Waals surface area contributed by atoms with Crippen molar-refractivity contribution in [1.82, 2.24) is 14.9 Å². The van der Waals surface area contributed by atoms with Gasteiger partial charge in [-0.25, -0.2) is 9.37 Å². The number of aromatic nitrogens is 2. The molecule has 0 spiro atoms. The summed E-state index contributed by atoms with van der Waals surface area (Å²) in [6, 6.07) is 19.9. The number of halogens is 1. The third kappa shape index (κ3) is 4.67. The van der Waals surface area contributed by atoms with Crippen molar-refractivity contribution in [2.75, 3.05) is 13.2 Å². The Bertz CT molecular complexity index is 1130. The number of nitrogens with one attached hydrogen (secondary N) is 1. The average Bonchev–Trinajstić information content (AvgIpc) is 3.18. The normalized spacial score (nSPS) is 13.3. The van der Waals surface area contributed by atoms with Gasteiger partial charge in [-0.3, -0.25) is 0 Å². The van der Waals surface area contributed by atoms with Crippen LogP contribution in [0.3, 0.4) is 0 Å². The van der Waals surface area contributed by atoms with Gasteiger partial charge in [0.05, 0.1) is 6.04 Å². The maximum atomic E-state index is 13.8. The highest BCUT2D eigenvalue weighted by Gasteiger charge is 2.20. The molecule has 0 fully saturated rings.